The molecule has 3 amide bonds. The number of likely N-dealkylation sites (tertiary alicyclic amines) is 1. The van der Waals surface area contributed by atoms with Crippen molar-refractivity contribution in [1.29, 1.82) is 0 Å². The van der Waals surface area contributed by atoms with Crippen LogP contribution in [0.2, 0.25) is 18.1 Å². The number of hydrogen-bond donors (Lipinski definition) is 0. The second-order valence-electron chi connectivity index (χ2n) is 13.7. The van der Waals surface area contributed by atoms with Gasteiger partial charge in [0.15, 0.2) is 20.5 Å². The number of esters is 1. The molecule has 0 bridgehead atoms. The minimum atomic E-state index is -2.32. The Bertz CT molecular complexity index is 1620. The summed E-state index contributed by atoms with van der Waals surface area (Å²) in [5.74, 6) is -2.64. The second kappa shape index (κ2) is 13.3. The van der Waals surface area contributed by atoms with E-state index >= 15 is 0 Å². The third kappa shape index (κ3) is 6.59. The van der Waals surface area contributed by atoms with Gasteiger partial charge in [-0.25, -0.2) is 9.10 Å². The van der Waals surface area contributed by atoms with E-state index in [2.05, 4.69) is 40.4 Å². The average Bonchev–Trinajstić information content (AvgIpc) is 3.26. The number of hydrogen-bond acceptors (Lipinski definition) is 7. The molecule has 246 valence electrons. The molecule has 47 heavy (non-hydrogen) atoms. The zero-order chi connectivity index (χ0) is 34.3. The van der Waals surface area contributed by atoms with Crippen molar-refractivity contribution < 1.29 is 28.3 Å². The predicted molar refractivity (Wildman–Crippen MR) is 186 cm³/mol. The van der Waals surface area contributed by atoms with Crippen LogP contribution in [0, 0.1) is 5.92 Å². The smallest absolute Gasteiger partial charge is 0.334 e. The second-order valence-corrected chi connectivity index (χ2v) is 19.5. The van der Waals surface area contributed by atoms with Crippen molar-refractivity contribution in [2.75, 3.05) is 0 Å². The first-order chi connectivity index (χ1) is 22.1. The highest BCUT2D eigenvalue weighted by atomic mass is 32.2. The van der Waals surface area contributed by atoms with Crippen LogP contribution in [0.1, 0.15) is 72.6 Å². The molecule has 1 fully saturated rings. The highest BCUT2D eigenvalue weighted by Gasteiger charge is 2.59. The van der Waals surface area contributed by atoms with Crippen LogP contribution >= 0.6 is 11.9 Å². The van der Waals surface area contributed by atoms with E-state index in [1.54, 1.807) is 31.2 Å². The van der Waals surface area contributed by atoms with Crippen molar-refractivity contribution in [3.05, 3.63) is 119 Å². The summed E-state index contributed by atoms with van der Waals surface area (Å²) in [5.41, 5.74) is 2.54. The van der Waals surface area contributed by atoms with Crippen molar-refractivity contribution in [3.63, 3.8) is 0 Å². The number of amides is 3. The molecule has 2 heterocycles. The van der Waals surface area contributed by atoms with Crippen molar-refractivity contribution in [1.82, 2.24) is 9.21 Å². The standard InChI is InChI=1S/C37H42N2O6SSi/c1-23(2)30(36(43)44-31(25-17-11-9-12-18-25)26-19-13-10-14-20-26)38-34(42)29(24(3)45-47(7,8)37(4,5)6)35(38)46-39-32(40)27-21-15-16-22-28(27)33(39)41/h9-22,24,29-31,35H,1H2,2-8H3/t24-,29+,30?,35-/m1/s1. The maximum atomic E-state index is 14.2. The topological polar surface area (TPSA) is 93.2 Å². The summed E-state index contributed by atoms with van der Waals surface area (Å²) in [4.78, 5) is 56.7. The fraction of sp³-hybridized carbons (Fsp3) is 0.351. The average molecular weight is 671 g/mol. The van der Waals surface area contributed by atoms with Crippen LogP contribution in [0.3, 0.4) is 0 Å². The number of carbonyl (C=O) groups is 4. The lowest BCUT2D eigenvalue weighted by atomic mass is 9.89. The molecule has 4 atom stereocenters. The Morgan fingerprint density at radius 3 is 1.77 bits per heavy atom. The predicted octanol–water partition coefficient (Wildman–Crippen LogP) is 7.40. The minimum Gasteiger partial charge on any atom is -0.451 e. The molecular formula is C37H42N2O6SSi. The first-order valence-corrected chi connectivity index (χ1v) is 19.5. The SMILES string of the molecule is C=C(C)C(C(=O)OC(c1ccccc1)c1ccccc1)N1C(=O)[C@H]([C@@H](C)O[Si](C)(C)C(C)(C)C)[C@H]1SN1C(=O)c2ccccc2C1=O. The molecule has 0 aromatic heterocycles. The van der Waals surface area contributed by atoms with Gasteiger partial charge in [0.1, 0.15) is 5.37 Å². The molecule has 0 saturated carbocycles. The largest absolute Gasteiger partial charge is 0.451 e. The van der Waals surface area contributed by atoms with Gasteiger partial charge in [-0.3, -0.25) is 14.4 Å². The highest BCUT2D eigenvalue weighted by Crippen LogP contribution is 2.47. The van der Waals surface area contributed by atoms with Gasteiger partial charge in [0.2, 0.25) is 5.91 Å². The van der Waals surface area contributed by atoms with Gasteiger partial charge in [0.25, 0.3) is 11.8 Å². The van der Waals surface area contributed by atoms with Crippen LogP contribution in [0.15, 0.2) is 97.1 Å². The normalized spacial score (nSPS) is 19.4. The molecular weight excluding hydrogens is 629 g/mol. The summed E-state index contributed by atoms with van der Waals surface area (Å²) in [7, 11) is -2.32. The Hall–Kier alpha value is -3.99. The van der Waals surface area contributed by atoms with Crippen LogP contribution in [0.25, 0.3) is 0 Å². The van der Waals surface area contributed by atoms with Crippen molar-refractivity contribution in [2.45, 2.75) is 76.4 Å². The van der Waals surface area contributed by atoms with E-state index in [1.165, 1.54) is 4.90 Å². The number of β-lactam (4-membered cyclic amide) rings is 1. The molecule has 2 aliphatic heterocycles. The summed E-state index contributed by atoms with van der Waals surface area (Å²) in [6.07, 6.45) is -1.28. The van der Waals surface area contributed by atoms with E-state index in [0.29, 0.717) is 16.7 Å². The maximum absolute atomic E-state index is 14.2. The van der Waals surface area contributed by atoms with Crippen molar-refractivity contribution in [3.8, 4) is 0 Å². The Kier molecular flexibility index (Phi) is 9.68. The van der Waals surface area contributed by atoms with Gasteiger partial charge in [-0.1, -0.05) is 100 Å². The van der Waals surface area contributed by atoms with Crippen LogP contribution in [-0.2, 0) is 18.8 Å². The number of rotatable bonds is 11. The third-order valence-electron chi connectivity index (χ3n) is 9.29. The minimum absolute atomic E-state index is 0.118. The molecule has 1 unspecified atom stereocenters. The summed E-state index contributed by atoms with van der Waals surface area (Å²) in [5, 5.41) is -0.905. The molecule has 0 aliphatic carbocycles. The zero-order valence-corrected chi connectivity index (χ0v) is 29.7. The molecule has 0 N–H and O–H groups in total. The van der Waals surface area contributed by atoms with Gasteiger partial charge >= 0.3 is 5.97 Å². The summed E-state index contributed by atoms with van der Waals surface area (Å²) >= 11 is 0.949. The molecule has 0 radical (unpaired) electrons. The van der Waals surface area contributed by atoms with Gasteiger partial charge in [-0.15, -0.1) is 0 Å². The Balaban J connectivity index is 1.49. The fourth-order valence-electron chi connectivity index (χ4n) is 5.74. The Morgan fingerprint density at radius 1 is 0.851 bits per heavy atom. The van der Waals surface area contributed by atoms with Gasteiger partial charge in [-0.2, -0.15) is 0 Å². The Labute approximate surface area is 282 Å². The lowest BCUT2D eigenvalue weighted by molar-refractivity contribution is -0.171. The van der Waals surface area contributed by atoms with Crippen LogP contribution in [0.5, 0.6) is 0 Å². The van der Waals surface area contributed by atoms with Gasteiger partial charge in [0, 0.05) is 0 Å². The molecule has 5 rings (SSSR count). The molecule has 3 aromatic rings. The number of imide groups is 1. The third-order valence-corrected chi connectivity index (χ3v) is 15.1. The van der Waals surface area contributed by atoms with E-state index < -0.39 is 55.6 Å². The molecule has 2 aliphatic rings. The number of nitrogens with zero attached hydrogens (tertiary/aromatic N) is 2. The molecule has 0 spiro atoms. The van der Waals surface area contributed by atoms with E-state index in [9.17, 15) is 19.2 Å². The van der Waals surface area contributed by atoms with Gasteiger partial charge in [0.05, 0.1) is 23.1 Å². The number of benzene rings is 3. The lowest BCUT2D eigenvalue weighted by Crippen LogP contribution is -2.69. The summed E-state index contributed by atoms with van der Waals surface area (Å²) in [6, 6.07) is 24.3. The van der Waals surface area contributed by atoms with E-state index in [1.807, 2.05) is 67.6 Å². The monoisotopic (exact) mass is 670 g/mol. The van der Waals surface area contributed by atoms with E-state index in [4.69, 9.17) is 9.16 Å². The first kappa shape index (κ1) is 34.3. The zero-order valence-electron chi connectivity index (χ0n) is 27.9. The van der Waals surface area contributed by atoms with Gasteiger partial charge < -0.3 is 14.1 Å². The summed E-state index contributed by atoms with van der Waals surface area (Å²) in [6.45, 7) is 18.2. The van der Waals surface area contributed by atoms with Crippen LogP contribution in [-0.4, -0.2) is 58.7 Å². The maximum Gasteiger partial charge on any atom is 0.334 e. The first-order valence-electron chi connectivity index (χ1n) is 15.7. The fourth-order valence-corrected chi connectivity index (χ4v) is 8.57. The Morgan fingerprint density at radius 2 is 1.32 bits per heavy atom. The van der Waals surface area contributed by atoms with Crippen LogP contribution < -0.4 is 0 Å². The van der Waals surface area contributed by atoms with E-state index in [-0.39, 0.29) is 10.9 Å². The molecule has 8 nitrogen and oxygen atoms in total. The number of carbonyl (C=O) groups excluding carboxylic acids is 4. The molecule has 1 saturated heterocycles. The van der Waals surface area contributed by atoms with Gasteiger partial charge in [-0.05, 0) is 72.8 Å². The lowest BCUT2D eigenvalue weighted by Gasteiger charge is -2.53. The highest BCUT2D eigenvalue weighted by molar-refractivity contribution is 7.98. The molecule has 10 heteroatoms. The van der Waals surface area contributed by atoms with Crippen molar-refractivity contribution in [2.24, 2.45) is 5.92 Å². The quantitative estimate of drug-likeness (QED) is 0.0524. The molecule has 3 aromatic carbocycles. The van der Waals surface area contributed by atoms with Crippen LogP contribution in [0.4, 0.5) is 0 Å². The number of fused-ring (bicyclic) bond motifs is 1. The van der Waals surface area contributed by atoms with E-state index in [0.717, 1.165) is 27.4 Å². The van der Waals surface area contributed by atoms with Crippen molar-refractivity contribution >= 4 is 44.0 Å². The number of ether oxygens (including phenoxy) is 1. The summed E-state index contributed by atoms with van der Waals surface area (Å²) < 4.78 is 14.0.